The molecule has 32 heavy (non-hydrogen) atoms. The zero-order valence-electron chi connectivity index (χ0n) is 16.6. The molecule has 1 amide bonds. The van der Waals surface area contributed by atoms with E-state index < -0.39 is 34.5 Å². The minimum atomic E-state index is -4.01. The van der Waals surface area contributed by atoms with Gasteiger partial charge in [0, 0.05) is 5.56 Å². The normalized spacial score (nSPS) is 11.9. The number of hydrogen-bond acceptors (Lipinski definition) is 6. The fourth-order valence-corrected chi connectivity index (χ4v) is 3.74. The van der Waals surface area contributed by atoms with E-state index in [-0.39, 0.29) is 16.1 Å². The molecule has 1 atom stereocenters. The Labute approximate surface area is 184 Å². The smallest absolute Gasteiger partial charge is 0.328 e. The summed E-state index contributed by atoms with van der Waals surface area (Å²) in [6.45, 7) is -0.776. The van der Waals surface area contributed by atoms with Gasteiger partial charge in [0.2, 0.25) is 0 Å². The van der Waals surface area contributed by atoms with E-state index in [4.69, 9.17) is 14.9 Å². The zero-order valence-corrected chi connectivity index (χ0v) is 17.5. The molecule has 10 heteroatoms. The van der Waals surface area contributed by atoms with E-state index in [1.807, 2.05) is 6.07 Å². The molecule has 0 saturated heterocycles. The van der Waals surface area contributed by atoms with Gasteiger partial charge in [-0.3, -0.25) is 9.52 Å². The second-order valence-corrected chi connectivity index (χ2v) is 8.27. The van der Waals surface area contributed by atoms with Gasteiger partial charge < -0.3 is 20.3 Å². The van der Waals surface area contributed by atoms with Crippen LogP contribution in [0.25, 0.3) is 0 Å². The molecule has 0 bridgehead atoms. The van der Waals surface area contributed by atoms with Crippen LogP contribution in [0.3, 0.4) is 0 Å². The first-order valence-corrected chi connectivity index (χ1v) is 10.9. The molecule has 3 rings (SSSR count). The molecule has 0 spiro atoms. The molecule has 0 aromatic heterocycles. The quantitative estimate of drug-likeness (QED) is 0.387. The highest BCUT2D eigenvalue weighted by atomic mass is 32.2. The summed E-state index contributed by atoms with van der Waals surface area (Å²) < 4.78 is 33.9. The number of aliphatic hydroxyl groups excluding tert-OH is 1. The van der Waals surface area contributed by atoms with Gasteiger partial charge in [0.25, 0.3) is 15.9 Å². The molecular weight excluding hydrogens is 436 g/mol. The summed E-state index contributed by atoms with van der Waals surface area (Å²) in [6.07, 6.45) is 0. The average Bonchev–Trinajstić information content (AvgIpc) is 2.79. The molecular formula is C22H20N2O7S. The van der Waals surface area contributed by atoms with Crippen molar-refractivity contribution in [2.24, 2.45) is 0 Å². The molecule has 3 aromatic carbocycles. The van der Waals surface area contributed by atoms with Gasteiger partial charge in [0.15, 0.2) is 11.8 Å². The van der Waals surface area contributed by atoms with Crippen LogP contribution < -0.4 is 14.8 Å². The van der Waals surface area contributed by atoms with E-state index in [0.29, 0.717) is 11.5 Å². The van der Waals surface area contributed by atoms with E-state index in [1.165, 1.54) is 24.3 Å². The summed E-state index contributed by atoms with van der Waals surface area (Å²) in [5, 5.41) is 20.0. The molecule has 166 valence electrons. The topological polar surface area (TPSA) is 142 Å². The number of carboxylic acids is 1. The van der Waals surface area contributed by atoms with E-state index in [1.54, 1.807) is 48.5 Å². The highest BCUT2D eigenvalue weighted by Gasteiger charge is 2.21. The second kappa shape index (κ2) is 9.94. The van der Waals surface area contributed by atoms with Crippen molar-refractivity contribution in [2.45, 2.75) is 10.9 Å². The Hall–Kier alpha value is -3.89. The predicted octanol–water partition coefficient (Wildman–Crippen LogP) is 2.46. The lowest BCUT2D eigenvalue weighted by atomic mass is 10.2. The monoisotopic (exact) mass is 456 g/mol. The first-order valence-electron chi connectivity index (χ1n) is 9.39. The third-order valence-electron chi connectivity index (χ3n) is 4.32. The zero-order chi connectivity index (χ0) is 23.1. The molecule has 0 aliphatic heterocycles. The van der Waals surface area contributed by atoms with Crippen LogP contribution in [-0.2, 0) is 14.8 Å². The summed E-state index contributed by atoms with van der Waals surface area (Å²) in [5.74, 6) is -1.30. The third kappa shape index (κ3) is 5.62. The number of aliphatic carboxylic acids is 1. The summed E-state index contributed by atoms with van der Waals surface area (Å²) in [7, 11) is -4.01. The molecule has 0 aliphatic rings. The number of nitrogens with one attached hydrogen (secondary N) is 2. The van der Waals surface area contributed by atoms with Gasteiger partial charge >= 0.3 is 5.97 Å². The highest BCUT2D eigenvalue weighted by Crippen LogP contribution is 2.30. The van der Waals surface area contributed by atoms with Crippen LogP contribution in [-0.4, -0.2) is 43.2 Å². The van der Waals surface area contributed by atoms with Crippen LogP contribution in [0.4, 0.5) is 5.69 Å². The minimum Gasteiger partial charge on any atom is -0.480 e. The number of aliphatic hydroxyl groups is 1. The van der Waals surface area contributed by atoms with Gasteiger partial charge in [-0.05, 0) is 48.5 Å². The summed E-state index contributed by atoms with van der Waals surface area (Å²) in [6, 6.07) is 18.9. The standard InChI is InChI=1S/C22H20N2O7S/c25-14-19(22(27)28)23-21(26)15-10-12-17(13-11-15)32(29,30)24-18-8-4-5-9-20(18)31-16-6-2-1-3-7-16/h1-13,19,24-25H,14H2,(H,23,26)(H,27,28)/t19-/m0/s1. The Morgan fingerprint density at radius 3 is 2.16 bits per heavy atom. The number of benzene rings is 3. The predicted molar refractivity (Wildman–Crippen MR) is 116 cm³/mol. The van der Waals surface area contributed by atoms with Crippen molar-refractivity contribution < 1.29 is 33.0 Å². The van der Waals surface area contributed by atoms with Crippen molar-refractivity contribution >= 4 is 27.6 Å². The van der Waals surface area contributed by atoms with Crippen LogP contribution >= 0.6 is 0 Å². The summed E-state index contributed by atoms with van der Waals surface area (Å²) in [4.78, 5) is 22.9. The largest absolute Gasteiger partial charge is 0.480 e. The number of ether oxygens (including phenoxy) is 1. The number of carbonyl (C=O) groups is 2. The van der Waals surface area contributed by atoms with Gasteiger partial charge in [-0.15, -0.1) is 0 Å². The SMILES string of the molecule is O=C(N[C@@H](CO)C(=O)O)c1ccc(S(=O)(=O)Nc2ccccc2Oc2ccccc2)cc1. The second-order valence-electron chi connectivity index (χ2n) is 6.59. The van der Waals surface area contributed by atoms with Crippen LogP contribution in [0.1, 0.15) is 10.4 Å². The lowest BCUT2D eigenvalue weighted by Gasteiger charge is -2.14. The molecule has 9 nitrogen and oxygen atoms in total. The van der Waals surface area contributed by atoms with E-state index >= 15 is 0 Å². The number of amides is 1. The number of rotatable bonds is 9. The van der Waals surface area contributed by atoms with Crippen LogP contribution in [0, 0.1) is 0 Å². The van der Waals surface area contributed by atoms with Crippen molar-refractivity contribution in [1.29, 1.82) is 0 Å². The van der Waals surface area contributed by atoms with Crippen molar-refractivity contribution in [3.8, 4) is 11.5 Å². The fraction of sp³-hybridized carbons (Fsp3) is 0.0909. The Kier molecular flexibility index (Phi) is 7.08. The van der Waals surface area contributed by atoms with Gasteiger partial charge in [-0.25, -0.2) is 13.2 Å². The maximum absolute atomic E-state index is 12.8. The Morgan fingerprint density at radius 2 is 1.53 bits per heavy atom. The molecule has 3 aromatic rings. The molecule has 0 fully saturated rings. The van der Waals surface area contributed by atoms with Gasteiger partial charge in [0.05, 0.1) is 17.2 Å². The first-order chi connectivity index (χ1) is 15.3. The van der Waals surface area contributed by atoms with Crippen molar-refractivity contribution in [3.05, 3.63) is 84.4 Å². The molecule has 0 saturated carbocycles. The summed E-state index contributed by atoms with van der Waals surface area (Å²) >= 11 is 0. The molecule has 0 radical (unpaired) electrons. The molecule has 0 unspecified atom stereocenters. The van der Waals surface area contributed by atoms with E-state index in [2.05, 4.69) is 10.0 Å². The van der Waals surface area contributed by atoms with E-state index in [0.717, 1.165) is 0 Å². The minimum absolute atomic E-state index is 0.0384. The van der Waals surface area contributed by atoms with Crippen molar-refractivity contribution in [3.63, 3.8) is 0 Å². The van der Waals surface area contributed by atoms with Crippen LogP contribution in [0.5, 0.6) is 11.5 Å². The van der Waals surface area contributed by atoms with Crippen LogP contribution in [0.2, 0.25) is 0 Å². The fourth-order valence-electron chi connectivity index (χ4n) is 2.67. The number of anilines is 1. The molecule has 0 aliphatic carbocycles. The maximum Gasteiger partial charge on any atom is 0.328 e. The highest BCUT2D eigenvalue weighted by molar-refractivity contribution is 7.92. The van der Waals surface area contributed by atoms with Crippen LogP contribution in [0.15, 0.2) is 83.8 Å². The van der Waals surface area contributed by atoms with E-state index in [9.17, 15) is 18.0 Å². The molecule has 4 N–H and O–H groups in total. The number of carboxylic acid groups (broad SMARTS) is 1. The van der Waals surface area contributed by atoms with Crippen molar-refractivity contribution in [1.82, 2.24) is 5.32 Å². The number of sulfonamides is 1. The average molecular weight is 456 g/mol. The summed E-state index contributed by atoms with van der Waals surface area (Å²) in [5.41, 5.74) is 0.266. The lowest BCUT2D eigenvalue weighted by molar-refractivity contribution is -0.140. The number of hydrogen-bond donors (Lipinski definition) is 4. The van der Waals surface area contributed by atoms with Gasteiger partial charge in [0.1, 0.15) is 5.75 Å². The van der Waals surface area contributed by atoms with Crippen molar-refractivity contribution in [2.75, 3.05) is 11.3 Å². The van der Waals surface area contributed by atoms with Gasteiger partial charge in [-0.1, -0.05) is 30.3 Å². The lowest BCUT2D eigenvalue weighted by Crippen LogP contribution is -2.43. The molecule has 0 heterocycles. The Morgan fingerprint density at radius 1 is 0.906 bits per heavy atom. The number of para-hydroxylation sites is 3. The Bertz CT molecular complexity index is 1200. The third-order valence-corrected chi connectivity index (χ3v) is 5.70. The number of carbonyl (C=O) groups excluding carboxylic acids is 1. The Balaban J connectivity index is 1.77. The van der Waals surface area contributed by atoms with Gasteiger partial charge in [-0.2, -0.15) is 0 Å². The first kappa shape index (κ1) is 22.8. The maximum atomic E-state index is 12.8.